The summed E-state index contributed by atoms with van der Waals surface area (Å²) >= 11 is 5.88. The second-order valence-electron chi connectivity index (χ2n) is 4.99. The third-order valence-electron chi connectivity index (χ3n) is 3.46. The number of aryl methyl sites for hydroxylation is 1. The molecule has 0 atom stereocenters. The smallest absolute Gasteiger partial charge is 0.240 e. The van der Waals surface area contributed by atoms with Crippen LogP contribution in [0.4, 0.5) is 5.69 Å². The molecular weight excluding hydrogens is 276 g/mol. The molecule has 0 saturated heterocycles. The minimum Gasteiger partial charge on any atom is -0.352 e. The predicted molar refractivity (Wildman–Crippen MR) is 79.7 cm³/mol. The van der Waals surface area contributed by atoms with Crippen LogP contribution in [0.3, 0.4) is 0 Å². The summed E-state index contributed by atoms with van der Waals surface area (Å²) in [6, 6.07) is 5.23. The van der Waals surface area contributed by atoms with Crippen LogP contribution in [0, 0.1) is 12.3 Å². The normalized spacial score (nSPS) is 15.3. The van der Waals surface area contributed by atoms with Crippen molar-refractivity contribution < 1.29 is 9.59 Å². The Bertz CT molecular complexity index is 565. The molecule has 0 aromatic heterocycles. The molecule has 0 spiro atoms. The van der Waals surface area contributed by atoms with Gasteiger partial charge in [0.25, 0.3) is 0 Å². The number of carbonyl (C=O) groups is 2. The summed E-state index contributed by atoms with van der Waals surface area (Å²) in [6.45, 7) is 5.77. The van der Waals surface area contributed by atoms with Gasteiger partial charge in [-0.25, -0.2) is 0 Å². The second kappa shape index (κ2) is 5.67. The monoisotopic (exact) mass is 292 g/mol. The zero-order valence-electron chi connectivity index (χ0n) is 11.3. The van der Waals surface area contributed by atoms with Crippen LogP contribution in [-0.2, 0) is 9.59 Å². The minimum absolute atomic E-state index is 0.235. The summed E-state index contributed by atoms with van der Waals surface area (Å²) in [4.78, 5) is 24.3. The van der Waals surface area contributed by atoms with Gasteiger partial charge in [0, 0.05) is 17.3 Å². The lowest BCUT2D eigenvalue weighted by atomic mass is 10.0. The fraction of sp³-hybridized carbons (Fsp3) is 0.333. The van der Waals surface area contributed by atoms with E-state index in [1.54, 1.807) is 24.3 Å². The van der Waals surface area contributed by atoms with Gasteiger partial charge < -0.3 is 10.6 Å². The molecule has 4 nitrogen and oxygen atoms in total. The van der Waals surface area contributed by atoms with E-state index in [9.17, 15) is 9.59 Å². The molecule has 0 bridgehead atoms. The van der Waals surface area contributed by atoms with E-state index in [4.69, 9.17) is 11.6 Å². The largest absolute Gasteiger partial charge is 0.352 e. The molecular formula is C15H17ClN2O2. The lowest BCUT2D eigenvalue weighted by Gasteiger charge is -2.16. The number of hydrogen-bond donors (Lipinski definition) is 2. The van der Waals surface area contributed by atoms with Gasteiger partial charge in [-0.2, -0.15) is 0 Å². The Hall–Kier alpha value is -1.81. The van der Waals surface area contributed by atoms with Gasteiger partial charge in [-0.05, 0) is 43.5 Å². The molecule has 1 saturated carbocycles. The summed E-state index contributed by atoms with van der Waals surface area (Å²) < 4.78 is 0. The second-order valence-corrected chi connectivity index (χ2v) is 5.43. The standard InChI is InChI=1S/C15H17ClN2O2/c1-3-8-17-13(19)15(6-7-15)14(20)18-12-5-4-11(16)9-10(12)2/h3-5,9H,1,6-8H2,2H3,(H,17,19)(H,18,20). The Balaban J connectivity index is 2.08. The third kappa shape index (κ3) is 2.85. The molecule has 1 aliphatic rings. The number of halogens is 1. The molecule has 1 aliphatic carbocycles. The molecule has 20 heavy (non-hydrogen) atoms. The van der Waals surface area contributed by atoms with Gasteiger partial charge in [-0.15, -0.1) is 6.58 Å². The molecule has 0 heterocycles. The maximum Gasteiger partial charge on any atom is 0.240 e. The van der Waals surface area contributed by atoms with Crippen molar-refractivity contribution in [1.29, 1.82) is 0 Å². The van der Waals surface area contributed by atoms with Gasteiger partial charge in [0.05, 0.1) is 0 Å². The van der Waals surface area contributed by atoms with E-state index in [-0.39, 0.29) is 11.8 Å². The van der Waals surface area contributed by atoms with E-state index in [1.165, 1.54) is 0 Å². The van der Waals surface area contributed by atoms with Crippen molar-refractivity contribution in [3.8, 4) is 0 Å². The Kier molecular flexibility index (Phi) is 4.14. The van der Waals surface area contributed by atoms with Crippen molar-refractivity contribution in [3.05, 3.63) is 41.4 Å². The maximum absolute atomic E-state index is 12.3. The van der Waals surface area contributed by atoms with Crippen molar-refractivity contribution in [1.82, 2.24) is 5.32 Å². The van der Waals surface area contributed by atoms with Gasteiger partial charge in [0.2, 0.25) is 11.8 Å². The number of benzene rings is 1. The average molecular weight is 293 g/mol. The van der Waals surface area contributed by atoms with E-state index in [2.05, 4.69) is 17.2 Å². The zero-order chi connectivity index (χ0) is 14.8. The Labute approximate surface area is 123 Å². The highest BCUT2D eigenvalue weighted by Gasteiger charge is 2.56. The van der Waals surface area contributed by atoms with E-state index >= 15 is 0 Å². The first-order valence-electron chi connectivity index (χ1n) is 6.46. The molecule has 0 unspecified atom stereocenters. The van der Waals surface area contributed by atoms with Gasteiger partial charge in [0.1, 0.15) is 5.41 Å². The molecule has 0 radical (unpaired) electrons. The van der Waals surface area contributed by atoms with Crippen molar-refractivity contribution in [2.75, 3.05) is 11.9 Å². The number of hydrogen-bond acceptors (Lipinski definition) is 2. The van der Waals surface area contributed by atoms with Crippen LogP contribution < -0.4 is 10.6 Å². The van der Waals surface area contributed by atoms with Crippen LogP contribution in [-0.4, -0.2) is 18.4 Å². The van der Waals surface area contributed by atoms with Crippen molar-refractivity contribution in [3.63, 3.8) is 0 Å². The van der Waals surface area contributed by atoms with Gasteiger partial charge in [-0.3, -0.25) is 9.59 Å². The molecule has 1 aromatic rings. The number of carbonyl (C=O) groups excluding carboxylic acids is 2. The first-order chi connectivity index (χ1) is 9.49. The molecule has 2 rings (SSSR count). The zero-order valence-corrected chi connectivity index (χ0v) is 12.1. The van der Waals surface area contributed by atoms with Gasteiger partial charge in [0.15, 0.2) is 0 Å². The van der Waals surface area contributed by atoms with E-state index < -0.39 is 5.41 Å². The van der Waals surface area contributed by atoms with Crippen LogP contribution >= 0.6 is 11.6 Å². The summed E-state index contributed by atoms with van der Waals surface area (Å²) in [5.41, 5.74) is 0.630. The molecule has 2 amide bonds. The fourth-order valence-corrected chi connectivity index (χ4v) is 2.25. The first-order valence-corrected chi connectivity index (χ1v) is 6.84. The van der Waals surface area contributed by atoms with Gasteiger partial charge in [-0.1, -0.05) is 17.7 Å². The minimum atomic E-state index is -0.922. The van der Waals surface area contributed by atoms with Crippen molar-refractivity contribution in [2.45, 2.75) is 19.8 Å². The van der Waals surface area contributed by atoms with Crippen LogP contribution in [0.2, 0.25) is 5.02 Å². The molecule has 2 N–H and O–H groups in total. The quantitative estimate of drug-likeness (QED) is 0.647. The van der Waals surface area contributed by atoms with E-state index in [0.717, 1.165) is 5.56 Å². The van der Waals surface area contributed by atoms with Crippen LogP contribution in [0.15, 0.2) is 30.9 Å². The average Bonchev–Trinajstić information content (AvgIpc) is 3.20. The first kappa shape index (κ1) is 14.6. The van der Waals surface area contributed by atoms with Gasteiger partial charge >= 0.3 is 0 Å². The lowest BCUT2D eigenvalue weighted by Crippen LogP contribution is -2.40. The molecule has 106 valence electrons. The van der Waals surface area contributed by atoms with E-state index in [0.29, 0.717) is 30.1 Å². The molecule has 1 fully saturated rings. The van der Waals surface area contributed by atoms with Crippen LogP contribution in [0.1, 0.15) is 18.4 Å². The van der Waals surface area contributed by atoms with Crippen molar-refractivity contribution >= 4 is 29.1 Å². The maximum atomic E-state index is 12.3. The number of anilines is 1. The SMILES string of the molecule is C=CCNC(=O)C1(C(=O)Nc2ccc(Cl)cc2C)CC1. The highest BCUT2D eigenvalue weighted by atomic mass is 35.5. The highest BCUT2D eigenvalue weighted by molar-refractivity contribution is 6.30. The molecule has 0 aliphatic heterocycles. The summed E-state index contributed by atoms with van der Waals surface area (Å²) in [7, 11) is 0. The summed E-state index contributed by atoms with van der Waals surface area (Å²) in [5.74, 6) is -0.494. The summed E-state index contributed by atoms with van der Waals surface area (Å²) in [6.07, 6.45) is 2.75. The Morgan fingerprint density at radius 3 is 2.65 bits per heavy atom. The molecule has 1 aromatic carbocycles. The van der Waals surface area contributed by atoms with Crippen LogP contribution in [0.5, 0.6) is 0 Å². The van der Waals surface area contributed by atoms with Crippen LogP contribution in [0.25, 0.3) is 0 Å². The van der Waals surface area contributed by atoms with Crippen molar-refractivity contribution in [2.24, 2.45) is 5.41 Å². The lowest BCUT2D eigenvalue weighted by molar-refractivity contribution is -0.134. The third-order valence-corrected chi connectivity index (χ3v) is 3.70. The fourth-order valence-electron chi connectivity index (χ4n) is 2.03. The van der Waals surface area contributed by atoms with E-state index in [1.807, 2.05) is 6.92 Å². The number of amides is 2. The summed E-state index contributed by atoms with van der Waals surface area (Å²) in [5, 5.41) is 6.12. The predicted octanol–water partition coefficient (Wildman–Crippen LogP) is 2.67. The Morgan fingerprint density at radius 1 is 1.40 bits per heavy atom. The Morgan fingerprint density at radius 2 is 2.10 bits per heavy atom. The highest BCUT2D eigenvalue weighted by Crippen LogP contribution is 2.47. The number of rotatable bonds is 5. The number of nitrogens with one attached hydrogen (secondary N) is 2. The molecule has 5 heteroatoms. The topological polar surface area (TPSA) is 58.2 Å².